The van der Waals surface area contributed by atoms with Crippen molar-refractivity contribution in [2.24, 2.45) is 0 Å². The zero-order valence-corrected chi connectivity index (χ0v) is 15.4. The quantitative estimate of drug-likeness (QED) is 0.631. The van der Waals surface area contributed by atoms with E-state index in [-0.39, 0.29) is 6.61 Å². The van der Waals surface area contributed by atoms with E-state index in [0.29, 0.717) is 17.5 Å². The third-order valence-corrected chi connectivity index (χ3v) is 3.90. The highest BCUT2D eigenvalue weighted by Gasteiger charge is 2.10. The molecule has 1 unspecified atom stereocenters. The Morgan fingerprint density at radius 2 is 2.04 bits per heavy atom. The molecule has 136 valence electrons. The van der Waals surface area contributed by atoms with Crippen LogP contribution < -0.4 is 10.1 Å². The first-order valence-electron chi connectivity index (χ1n) is 8.32. The Labute approximate surface area is 153 Å². The van der Waals surface area contributed by atoms with Crippen molar-refractivity contribution in [3.05, 3.63) is 47.1 Å². The summed E-state index contributed by atoms with van der Waals surface area (Å²) in [6.45, 7) is 4.47. The molecule has 25 heavy (non-hydrogen) atoms. The second-order valence-electron chi connectivity index (χ2n) is 6.01. The number of aliphatic hydroxyl groups excluding tert-OH is 1. The van der Waals surface area contributed by atoms with E-state index in [1.807, 2.05) is 38.2 Å². The molecule has 0 fully saturated rings. The molecule has 2 aromatic rings. The summed E-state index contributed by atoms with van der Waals surface area (Å²) in [5.74, 6) is 1.52. The lowest BCUT2D eigenvalue weighted by atomic mass is 10.2. The normalized spacial score (nSPS) is 12.2. The molecule has 2 N–H and O–H groups in total. The Hall–Kier alpha value is -1.89. The van der Waals surface area contributed by atoms with Crippen LogP contribution in [0.2, 0.25) is 5.15 Å². The van der Waals surface area contributed by atoms with Gasteiger partial charge in [0, 0.05) is 13.1 Å². The zero-order valence-electron chi connectivity index (χ0n) is 14.7. The molecule has 0 saturated carbocycles. The maximum absolute atomic E-state index is 10.1. The van der Waals surface area contributed by atoms with Crippen molar-refractivity contribution >= 4 is 17.4 Å². The Morgan fingerprint density at radius 3 is 2.76 bits per heavy atom. The van der Waals surface area contributed by atoms with E-state index < -0.39 is 6.10 Å². The monoisotopic (exact) mass is 364 g/mol. The van der Waals surface area contributed by atoms with E-state index in [4.69, 9.17) is 16.3 Å². The summed E-state index contributed by atoms with van der Waals surface area (Å²) in [5.41, 5.74) is 1.07. The molecule has 0 aliphatic rings. The van der Waals surface area contributed by atoms with Gasteiger partial charge in [-0.3, -0.25) is 0 Å². The second-order valence-corrected chi connectivity index (χ2v) is 6.40. The van der Waals surface area contributed by atoms with Crippen LogP contribution in [-0.4, -0.2) is 59.6 Å². The Kier molecular flexibility index (Phi) is 7.91. The number of anilines is 1. The van der Waals surface area contributed by atoms with Gasteiger partial charge in [0.2, 0.25) is 0 Å². The number of halogens is 1. The Bertz CT molecular complexity index is 639. The summed E-state index contributed by atoms with van der Waals surface area (Å²) in [5, 5.41) is 21.4. The fourth-order valence-electron chi connectivity index (χ4n) is 2.38. The number of rotatable bonds is 10. The maximum atomic E-state index is 10.1. The molecule has 1 aromatic heterocycles. The van der Waals surface area contributed by atoms with Gasteiger partial charge < -0.3 is 20.1 Å². The lowest BCUT2D eigenvalue weighted by Crippen LogP contribution is -2.34. The number of aryl methyl sites for hydroxylation is 1. The third-order valence-electron chi connectivity index (χ3n) is 3.70. The number of nitrogens with zero attached hydrogens (tertiary/aromatic N) is 3. The first-order valence-corrected chi connectivity index (χ1v) is 8.70. The van der Waals surface area contributed by atoms with E-state index >= 15 is 0 Å². The van der Waals surface area contributed by atoms with Crippen LogP contribution in [0.5, 0.6) is 5.75 Å². The number of nitrogens with one attached hydrogen (secondary N) is 1. The van der Waals surface area contributed by atoms with Crippen molar-refractivity contribution in [2.75, 3.05) is 38.6 Å². The van der Waals surface area contributed by atoms with E-state index in [2.05, 4.69) is 20.4 Å². The average Bonchev–Trinajstić information content (AvgIpc) is 2.59. The molecule has 6 nitrogen and oxygen atoms in total. The standard InChI is InChI=1S/C18H25ClN4O2/c1-14-6-3-4-7-16(14)25-13-15(24)12-23(2)11-5-10-20-18-9-8-17(19)21-22-18/h3-4,6-9,15,24H,5,10-13H2,1-2H3,(H,20,22). The van der Waals surface area contributed by atoms with Gasteiger partial charge in [-0.05, 0) is 50.7 Å². The van der Waals surface area contributed by atoms with Crippen molar-refractivity contribution in [1.82, 2.24) is 15.1 Å². The summed E-state index contributed by atoms with van der Waals surface area (Å²) in [4.78, 5) is 2.08. The van der Waals surface area contributed by atoms with Gasteiger partial charge in [-0.1, -0.05) is 29.8 Å². The molecule has 0 radical (unpaired) electrons. The van der Waals surface area contributed by atoms with Crippen LogP contribution in [-0.2, 0) is 0 Å². The summed E-state index contributed by atoms with van der Waals surface area (Å²) in [7, 11) is 1.99. The van der Waals surface area contributed by atoms with Crippen LogP contribution in [0, 0.1) is 6.92 Å². The molecule has 1 heterocycles. The lowest BCUT2D eigenvalue weighted by Gasteiger charge is -2.21. The summed E-state index contributed by atoms with van der Waals surface area (Å²) >= 11 is 5.69. The SMILES string of the molecule is Cc1ccccc1OCC(O)CN(C)CCCNc1ccc(Cl)nn1. The van der Waals surface area contributed by atoms with E-state index in [1.165, 1.54) is 0 Å². The van der Waals surface area contributed by atoms with Crippen molar-refractivity contribution in [2.45, 2.75) is 19.4 Å². The predicted octanol–water partition coefficient (Wildman–Crippen LogP) is 2.61. The van der Waals surface area contributed by atoms with Gasteiger partial charge in [-0.15, -0.1) is 10.2 Å². The topological polar surface area (TPSA) is 70.5 Å². The summed E-state index contributed by atoms with van der Waals surface area (Å²) in [6, 6.07) is 11.3. The molecule has 0 amide bonds. The van der Waals surface area contributed by atoms with Crippen LogP contribution >= 0.6 is 11.6 Å². The van der Waals surface area contributed by atoms with Gasteiger partial charge in [0.1, 0.15) is 24.3 Å². The minimum atomic E-state index is -0.528. The average molecular weight is 365 g/mol. The van der Waals surface area contributed by atoms with Crippen molar-refractivity contribution in [1.29, 1.82) is 0 Å². The smallest absolute Gasteiger partial charge is 0.151 e. The molecular weight excluding hydrogens is 340 g/mol. The van der Waals surface area contributed by atoms with Crippen molar-refractivity contribution < 1.29 is 9.84 Å². The van der Waals surface area contributed by atoms with E-state index in [0.717, 1.165) is 30.8 Å². The highest BCUT2D eigenvalue weighted by molar-refractivity contribution is 6.29. The molecular formula is C18H25ClN4O2. The van der Waals surface area contributed by atoms with Crippen molar-refractivity contribution in [3.63, 3.8) is 0 Å². The molecule has 0 spiro atoms. The second kappa shape index (κ2) is 10.2. The summed E-state index contributed by atoms with van der Waals surface area (Å²) < 4.78 is 5.68. The van der Waals surface area contributed by atoms with Crippen LogP contribution in [0.15, 0.2) is 36.4 Å². The minimum absolute atomic E-state index is 0.286. The van der Waals surface area contributed by atoms with Crippen LogP contribution in [0.3, 0.4) is 0 Å². The third kappa shape index (κ3) is 7.25. The largest absolute Gasteiger partial charge is 0.491 e. The van der Waals surface area contributed by atoms with Crippen LogP contribution in [0.1, 0.15) is 12.0 Å². The number of benzene rings is 1. The number of ether oxygens (including phenoxy) is 1. The molecule has 1 aromatic carbocycles. The maximum Gasteiger partial charge on any atom is 0.151 e. The van der Waals surface area contributed by atoms with Crippen molar-refractivity contribution in [3.8, 4) is 5.75 Å². The number of aromatic nitrogens is 2. The Balaban J connectivity index is 1.60. The van der Waals surface area contributed by atoms with Gasteiger partial charge in [-0.25, -0.2) is 0 Å². The van der Waals surface area contributed by atoms with Crippen LogP contribution in [0.25, 0.3) is 0 Å². The lowest BCUT2D eigenvalue weighted by molar-refractivity contribution is 0.0760. The van der Waals surface area contributed by atoms with Gasteiger partial charge in [0.05, 0.1) is 0 Å². The highest BCUT2D eigenvalue weighted by atomic mass is 35.5. The fourth-order valence-corrected chi connectivity index (χ4v) is 2.48. The number of aliphatic hydroxyl groups is 1. The number of hydrogen-bond donors (Lipinski definition) is 2. The summed E-state index contributed by atoms with van der Waals surface area (Å²) in [6.07, 6.45) is 0.395. The van der Waals surface area contributed by atoms with E-state index in [9.17, 15) is 5.11 Å². The Morgan fingerprint density at radius 1 is 1.24 bits per heavy atom. The predicted molar refractivity (Wildman–Crippen MR) is 100 cm³/mol. The number of para-hydroxylation sites is 1. The van der Waals surface area contributed by atoms with E-state index in [1.54, 1.807) is 12.1 Å². The van der Waals surface area contributed by atoms with Crippen LogP contribution in [0.4, 0.5) is 5.82 Å². The molecule has 0 bridgehead atoms. The van der Waals surface area contributed by atoms with Gasteiger partial charge in [0.15, 0.2) is 5.15 Å². The first-order chi connectivity index (χ1) is 12.0. The first kappa shape index (κ1) is 19.4. The minimum Gasteiger partial charge on any atom is -0.491 e. The highest BCUT2D eigenvalue weighted by Crippen LogP contribution is 2.16. The zero-order chi connectivity index (χ0) is 18.1. The van der Waals surface area contributed by atoms with Gasteiger partial charge in [-0.2, -0.15) is 0 Å². The molecule has 0 saturated heterocycles. The molecule has 2 rings (SSSR count). The molecule has 1 atom stereocenters. The van der Waals surface area contributed by atoms with Gasteiger partial charge >= 0.3 is 0 Å². The number of likely N-dealkylation sites (N-methyl/N-ethyl adjacent to an activating group) is 1. The molecule has 7 heteroatoms. The van der Waals surface area contributed by atoms with Gasteiger partial charge in [0.25, 0.3) is 0 Å². The molecule has 0 aliphatic carbocycles. The number of hydrogen-bond acceptors (Lipinski definition) is 6. The molecule has 0 aliphatic heterocycles. The fraction of sp³-hybridized carbons (Fsp3) is 0.444.